The second-order valence-electron chi connectivity index (χ2n) is 12.4. The molecule has 0 radical (unpaired) electrons. The van der Waals surface area contributed by atoms with Crippen molar-refractivity contribution in [1.82, 2.24) is 33.3 Å². The quantitative estimate of drug-likeness (QED) is 0.184. The molecule has 0 unspecified atom stereocenters. The van der Waals surface area contributed by atoms with E-state index < -0.39 is 31.7 Å². The van der Waals surface area contributed by atoms with Crippen LogP contribution in [0.25, 0.3) is 22.3 Å². The number of ether oxygens (including phenoxy) is 1. The third-order valence-electron chi connectivity index (χ3n) is 7.06. The zero-order chi connectivity index (χ0) is 36.6. The van der Waals surface area contributed by atoms with Crippen LogP contribution in [0.2, 0.25) is 0 Å². The van der Waals surface area contributed by atoms with Crippen LogP contribution in [0.4, 0.5) is 10.6 Å². The predicted octanol–water partition coefficient (Wildman–Crippen LogP) is 6.18. The molecule has 0 fully saturated rings. The number of hydrogen-bond acceptors (Lipinski definition) is 11. The maximum atomic E-state index is 13.1. The second kappa shape index (κ2) is 13.8. The summed E-state index contributed by atoms with van der Waals surface area (Å²) in [6.45, 7) is 12.4. The van der Waals surface area contributed by atoms with Gasteiger partial charge in [0.2, 0.25) is 0 Å². The molecule has 6 aromatic rings. The molecule has 4 heterocycles. The van der Waals surface area contributed by atoms with Gasteiger partial charge in [0.1, 0.15) is 21.2 Å². The number of amides is 1. The number of carbonyl (C=O) groups is 1. The number of nitrogens with zero attached hydrogens (tertiary/aromatic N) is 6. The van der Waals surface area contributed by atoms with E-state index in [0.717, 1.165) is 15.1 Å². The molecule has 2 N–H and O–H groups in total. The summed E-state index contributed by atoms with van der Waals surface area (Å²) < 4.78 is 59.9. The molecule has 4 aromatic heterocycles. The van der Waals surface area contributed by atoms with E-state index in [-0.39, 0.29) is 21.3 Å². The van der Waals surface area contributed by atoms with Crippen LogP contribution in [0.1, 0.15) is 43.3 Å². The molecule has 2 aromatic carbocycles. The molecule has 6 rings (SSSR count). The van der Waals surface area contributed by atoms with Gasteiger partial charge in [-0.3, -0.25) is 5.43 Å². The smallest absolute Gasteiger partial charge is 0.426 e. The first-order valence-corrected chi connectivity index (χ1v) is 18.8. The van der Waals surface area contributed by atoms with Crippen LogP contribution >= 0.6 is 15.9 Å². The molecule has 0 aliphatic heterocycles. The highest BCUT2D eigenvalue weighted by Gasteiger charge is 2.24. The monoisotopic (exact) mass is 782 g/mol. The van der Waals surface area contributed by atoms with E-state index >= 15 is 0 Å². The number of hydrogen-bond donors (Lipinski definition) is 2. The first kappa shape index (κ1) is 36.4. The molecular weight excluding hydrogens is 748 g/mol. The van der Waals surface area contributed by atoms with Gasteiger partial charge in [0.25, 0.3) is 20.0 Å². The van der Waals surface area contributed by atoms with Crippen molar-refractivity contribution >= 4 is 70.2 Å². The molecule has 50 heavy (non-hydrogen) atoms. The van der Waals surface area contributed by atoms with Gasteiger partial charge in [0, 0.05) is 11.4 Å². The summed E-state index contributed by atoms with van der Waals surface area (Å²) in [5.41, 5.74) is 8.79. The number of fused-ring (bicyclic) bond motifs is 2. The molecule has 0 bridgehead atoms. The topological polar surface area (TPSA) is 180 Å². The van der Waals surface area contributed by atoms with Crippen LogP contribution in [-0.2, 0) is 24.8 Å². The summed E-state index contributed by atoms with van der Waals surface area (Å²) in [6, 6.07) is 16.7. The molecule has 0 saturated carbocycles. The minimum atomic E-state index is -3.82. The molecule has 17 heteroatoms. The van der Waals surface area contributed by atoms with E-state index in [1.165, 1.54) is 16.4 Å². The largest absolute Gasteiger partial charge is 0.443 e. The highest BCUT2D eigenvalue weighted by atomic mass is 79.9. The summed E-state index contributed by atoms with van der Waals surface area (Å²) in [7, 11) is -7.51. The van der Waals surface area contributed by atoms with Crippen LogP contribution in [-0.4, -0.2) is 56.4 Å². The molecular formula is C33H35BrN8O6S2. The van der Waals surface area contributed by atoms with Crippen molar-refractivity contribution in [2.24, 2.45) is 0 Å². The van der Waals surface area contributed by atoms with Crippen LogP contribution in [0, 0.1) is 27.7 Å². The van der Waals surface area contributed by atoms with E-state index in [4.69, 9.17) is 4.74 Å². The third-order valence-corrected chi connectivity index (χ3v) is 11.1. The standard InChI is InChI=1S/C19H23N5O4S.C14H12BrN3O2S/c1-12-6-8-14(9-7-12)29(26,27)24-13(2)10-15-17(24)20-11-16(21-15)22-23-18(25)28-19(3,4)5;1-9-3-5-11(6-4-9)21(19,20)18-10(2)7-12-14(18)16-8-13(15)17-12/h6-11H,1-5H3,(H,21,22)(H,23,25);3-8H,1-2H3. The van der Waals surface area contributed by atoms with Crippen molar-refractivity contribution in [3.8, 4) is 0 Å². The highest BCUT2D eigenvalue weighted by molar-refractivity contribution is 9.10. The zero-order valence-electron chi connectivity index (χ0n) is 28.3. The normalized spacial score (nSPS) is 12.0. The fourth-order valence-corrected chi connectivity index (χ4v) is 8.12. The van der Waals surface area contributed by atoms with Gasteiger partial charge in [-0.25, -0.2) is 54.9 Å². The fourth-order valence-electron chi connectivity index (χ4n) is 4.84. The van der Waals surface area contributed by atoms with E-state index in [9.17, 15) is 21.6 Å². The van der Waals surface area contributed by atoms with E-state index in [1.807, 2.05) is 13.8 Å². The first-order chi connectivity index (χ1) is 23.4. The third kappa shape index (κ3) is 7.79. The van der Waals surface area contributed by atoms with Crippen molar-refractivity contribution in [2.75, 3.05) is 5.43 Å². The van der Waals surface area contributed by atoms with Crippen molar-refractivity contribution < 1.29 is 26.4 Å². The first-order valence-electron chi connectivity index (χ1n) is 15.1. The Labute approximate surface area is 298 Å². The number of hydrazine groups is 1. The number of nitrogens with one attached hydrogen (secondary N) is 2. The number of aromatic nitrogens is 6. The lowest BCUT2D eigenvalue weighted by Crippen LogP contribution is -2.36. The lowest BCUT2D eigenvalue weighted by atomic mass is 10.2. The maximum Gasteiger partial charge on any atom is 0.426 e. The van der Waals surface area contributed by atoms with E-state index in [2.05, 4.69) is 46.7 Å². The SMILES string of the molecule is Cc1ccc(S(=O)(=O)n2c(C)cc3nc(Br)cnc32)cc1.Cc1ccc(S(=O)(=O)n2c(C)cc3nc(NNC(=O)OC(C)(C)C)cnc32)cc1. The Bertz CT molecular complexity index is 2440. The second-order valence-corrected chi connectivity index (χ2v) is 16.7. The summed E-state index contributed by atoms with van der Waals surface area (Å²) in [5, 5.41) is 0. The molecule has 0 aliphatic carbocycles. The Balaban J connectivity index is 0.000000204. The van der Waals surface area contributed by atoms with Crippen LogP contribution in [0.3, 0.4) is 0 Å². The minimum Gasteiger partial charge on any atom is -0.443 e. The van der Waals surface area contributed by atoms with E-state index in [0.29, 0.717) is 32.7 Å². The molecule has 1 amide bonds. The van der Waals surface area contributed by atoms with Crippen LogP contribution in [0.5, 0.6) is 0 Å². The molecule has 0 aliphatic rings. The fraction of sp³-hybridized carbons (Fsp3) is 0.242. The van der Waals surface area contributed by atoms with Crippen LogP contribution < -0.4 is 10.9 Å². The molecule has 0 spiro atoms. The summed E-state index contributed by atoms with van der Waals surface area (Å²) >= 11 is 3.24. The van der Waals surface area contributed by atoms with Gasteiger partial charge >= 0.3 is 6.09 Å². The summed E-state index contributed by atoms with van der Waals surface area (Å²) in [6.07, 6.45) is 2.15. The Kier molecular flexibility index (Phi) is 10.0. The lowest BCUT2D eigenvalue weighted by molar-refractivity contribution is 0.0540. The average Bonchev–Trinajstić information content (AvgIpc) is 3.54. The Morgan fingerprint density at radius 3 is 1.62 bits per heavy atom. The summed E-state index contributed by atoms with van der Waals surface area (Å²) in [5.74, 6) is 0.244. The number of aryl methyl sites for hydroxylation is 4. The van der Waals surface area contributed by atoms with Gasteiger partial charge in [-0.05, 0) is 101 Å². The number of anilines is 1. The average molecular weight is 784 g/mol. The zero-order valence-corrected chi connectivity index (χ0v) is 31.5. The number of halogens is 1. The molecule has 0 saturated heterocycles. The lowest BCUT2D eigenvalue weighted by Gasteiger charge is -2.19. The van der Waals surface area contributed by atoms with Crippen molar-refractivity contribution in [1.29, 1.82) is 0 Å². The van der Waals surface area contributed by atoms with Crippen LogP contribution in [0.15, 0.2) is 87.5 Å². The van der Waals surface area contributed by atoms with Gasteiger partial charge in [0.05, 0.1) is 22.2 Å². The minimum absolute atomic E-state index is 0.166. The van der Waals surface area contributed by atoms with Gasteiger partial charge in [0.15, 0.2) is 17.1 Å². The number of carbonyl (C=O) groups excluding carboxylic acids is 1. The highest BCUT2D eigenvalue weighted by Crippen LogP contribution is 2.26. The number of rotatable bonds is 6. The van der Waals surface area contributed by atoms with Gasteiger partial charge in [-0.1, -0.05) is 35.4 Å². The Morgan fingerprint density at radius 2 is 1.16 bits per heavy atom. The molecule has 262 valence electrons. The van der Waals surface area contributed by atoms with E-state index in [1.54, 1.807) is 95.3 Å². The van der Waals surface area contributed by atoms with Gasteiger partial charge < -0.3 is 4.74 Å². The molecule has 14 nitrogen and oxygen atoms in total. The van der Waals surface area contributed by atoms with Gasteiger partial charge in [-0.2, -0.15) is 0 Å². The Hall–Kier alpha value is -4.87. The van der Waals surface area contributed by atoms with Gasteiger partial charge in [-0.15, -0.1) is 0 Å². The molecule has 0 atom stereocenters. The van der Waals surface area contributed by atoms with Crippen molar-refractivity contribution in [3.05, 3.63) is 100 Å². The van der Waals surface area contributed by atoms with Crippen molar-refractivity contribution in [3.63, 3.8) is 0 Å². The Morgan fingerprint density at radius 1 is 0.720 bits per heavy atom. The number of benzene rings is 2. The van der Waals surface area contributed by atoms with Crippen molar-refractivity contribution in [2.45, 2.75) is 63.9 Å². The maximum absolute atomic E-state index is 13.1. The summed E-state index contributed by atoms with van der Waals surface area (Å²) in [4.78, 5) is 29.1. The predicted molar refractivity (Wildman–Crippen MR) is 193 cm³/mol.